The SMILES string of the molecule is [SeH]c1cccnc1. The summed E-state index contributed by atoms with van der Waals surface area (Å²) < 4.78 is 1.15. The van der Waals surface area contributed by atoms with E-state index in [1.54, 1.807) is 12.4 Å². The summed E-state index contributed by atoms with van der Waals surface area (Å²) in [5.74, 6) is 0. The van der Waals surface area contributed by atoms with Crippen molar-refractivity contribution in [1.82, 2.24) is 4.98 Å². The van der Waals surface area contributed by atoms with Gasteiger partial charge >= 0.3 is 50.0 Å². The van der Waals surface area contributed by atoms with Gasteiger partial charge in [0.05, 0.1) is 0 Å². The fraction of sp³-hybridized carbons (Fsp3) is 0. The van der Waals surface area contributed by atoms with Crippen molar-refractivity contribution in [3.8, 4) is 0 Å². The van der Waals surface area contributed by atoms with Crippen molar-refractivity contribution >= 4 is 20.5 Å². The van der Waals surface area contributed by atoms with Crippen molar-refractivity contribution in [1.29, 1.82) is 0 Å². The maximum absolute atomic E-state index is 3.87. The van der Waals surface area contributed by atoms with E-state index < -0.39 is 0 Å². The van der Waals surface area contributed by atoms with E-state index in [4.69, 9.17) is 0 Å². The van der Waals surface area contributed by atoms with Gasteiger partial charge in [0.2, 0.25) is 0 Å². The minimum atomic E-state index is 1.15. The molecule has 0 saturated carbocycles. The average Bonchev–Trinajstić information content (AvgIpc) is 1.69. The molecule has 36 valence electrons. The van der Waals surface area contributed by atoms with Crippen molar-refractivity contribution < 1.29 is 0 Å². The summed E-state index contributed by atoms with van der Waals surface area (Å²) in [5.41, 5.74) is 0. The Morgan fingerprint density at radius 1 is 1.57 bits per heavy atom. The van der Waals surface area contributed by atoms with Crippen LogP contribution in [0.3, 0.4) is 0 Å². The van der Waals surface area contributed by atoms with E-state index in [-0.39, 0.29) is 0 Å². The summed E-state index contributed by atoms with van der Waals surface area (Å²) in [4.78, 5) is 3.87. The number of hydrogen-bond acceptors (Lipinski definition) is 1. The van der Waals surface area contributed by atoms with Crippen LogP contribution in [0.4, 0.5) is 0 Å². The fourth-order valence-electron chi connectivity index (χ4n) is 0.354. The van der Waals surface area contributed by atoms with Crippen LogP contribution in [-0.4, -0.2) is 21.0 Å². The van der Waals surface area contributed by atoms with Gasteiger partial charge in [-0.3, -0.25) is 0 Å². The van der Waals surface area contributed by atoms with Crippen molar-refractivity contribution in [3.63, 3.8) is 0 Å². The van der Waals surface area contributed by atoms with Crippen molar-refractivity contribution in [3.05, 3.63) is 24.5 Å². The second-order valence-corrected chi connectivity index (χ2v) is 2.29. The van der Waals surface area contributed by atoms with Crippen LogP contribution in [0.15, 0.2) is 24.5 Å². The van der Waals surface area contributed by atoms with E-state index >= 15 is 0 Å². The first-order valence-electron chi connectivity index (χ1n) is 1.98. The molecule has 1 rings (SSSR count). The maximum atomic E-state index is 3.87. The molecule has 0 aliphatic carbocycles. The van der Waals surface area contributed by atoms with Crippen LogP contribution in [0.2, 0.25) is 0 Å². The third-order valence-corrected chi connectivity index (χ3v) is 1.20. The molecule has 1 aromatic heterocycles. The Morgan fingerprint density at radius 2 is 2.43 bits per heavy atom. The zero-order valence-corrected chi connectivity index (χ0v) is 5.58. The van der Waals surface area contributed by atoms with Gasteiger partial charge in [0.1, 0.15) is 0 Å². The third-order valence-electron chi connectivity index (χ3n) is 0.646. The van der Waals surface area contributed by atoms with E-state index in [0.29, 0.717) is 0 Å². The standard InChI is InChI=1S/C5H5NSe/c7-5-2-1-3-6-4-5/h1-4,7H. The van der Waals surface area contributed by atoms with Gasteiger partial charge in [-0.2, -0.15) is 0 Å². The second-order valence-electron chi connectivity index (χ2n) is 1.21. The van der Waals surface area contributed by atoms with Crippen LogP contribution < -0.4 is 4.46 Å². The van der Waals surface area contributed by atoms with Gasteiger partial charge in [0.25, 0.3) is 0 Å². The number of aromatic nitrogens is 1. The molecule has 0 atom stereocenters. The molecular weight excluding hydrogens is 153 g/mol. The molecule has 0 spiro atoms. The summed E-state index contributed by atoms with van der Waals surface area (Å²) in [6.45, 7) is 0. The normalized spacial score (nSPS) is 8.71. The predicted molar refractivity (Wildman–Crippen MR) is 31.0 cm³/mol. The van der Waals surface area contributed by atoms with Crippen LogP contribution in [0.1, 0.15) is 0 Å². The molecule has 0 aliphatic heterocycles. The molecular formula is C5H5NSe. The van der Waals surface area contributed by atoms with Crippen LogP contribution in [0.25, 0.3) is 0 Å². The van der Waals surface area contributed by atoms with Crippen LogP contribution in [-0.2, 0) is 0 Å². The molecule has 1 aromatic rings. The molecule has 1 heterocycles. The van der Waals surface area contributed by atoms with Gasteiger partial charge in [-0.05, 0) is 0 Å². The number of hydrogen-bond donors (Lipinski definition) is 0. The first-order valence-corrected chi connectivity index (χ1v) is 2.92. The Hall–Kier alpha value is -0.331. The first-order chi connectivity index (χ1) is 3.39. The van der Waals surface area contributed by atoms with E-state index in [9.17, 15) is 0 Å². The Bertz CT molecular complexity index is 138. The Kier molecular flexibility index (Phi) is 1.45. The van der Waals surface area contributed by atoms with Crippen LogP contribution in [0, 0.1) is 0 Å². The number of nitrogens with zero attached hydrogens (tertiary/aromatic N) is 1. The van der Waals surface area contributed by atoms with Crippen LogP contribution in [0.5, 0.6) is 0 Å². The van der Waals surface area contributed by atoms with Crippen molar-refractivity contribution in [2.24, 2.45) is 0 Å². The quantitative estimate of drug-likeness (QED) is 0.468. The predicted octanol–water partition coefficient (Wildman–Crippen LogP) is -0.392. The van der Waals surface area contributed by atoms with Crippen molar-refractivity contribution in [2.45, 2.75) is 0 Å². The summed E-state index contributed by atoms with van der Waals surface area (Å²) in [7, 11) is 0. The fourth-order valence-corrected chi connectivity index (χ4v) is 0.674. The summed E-state index contributed by atoms with van der Waals surface area (Å²) in [5, 5.41) is 0. The van der Waals surface area contributed by atoms with Gasteiger partial charge in [0.15, 0.2) is 0 Å². The zero-order valence-electron chi connectivity index (χ0n) is 3.70. The van der Waals surface area contributed by atoms with E-state index in [1.165, 1.54) is 0 Å². The third kappa shape index (κ3) is 1.30. The minimum absolute atomic E-state index is 1.15. The second kappa shape index (κ2) is 2.10. The van der Waals surface area contributed by atoms with Gasteiger partial charge in [-0.1, -0.05) is 0 Å². The van der Waals surface area contributed by atoms with Gasteiger partial charge in [0, 0.05) is 0 Å². The number of pyridine rings is 1. The summed E-state index contributed by atoms with van der Waals surface area (Å²) in [6.07, 6.45) is 3.57. The number of rotatable bonds is 0. The molecule has 1 nitrogen and oxygen atoms in total. The van der Waals surface area contributed by atoms with Gasteiger partial charge in [-0.25, -0.2) is 0 Å². The molecule has 2 heteroatoms. The monoisotopic (exact) mass is 159 g/mol. The Morgan fingerprint density at radius 3 is 2.71 bits per heavy atom. The molecule has 7 heavy (non-hydrogen) atoms. The first kappa shape index (κ1) is 4.82. The Labute approximate surface area is 50.6 Å². The van der Waals surface area contributed by atoms with Crippen LogP contribution >= 0.6 is 0 Å². The van der Waals surface area contributed by atoms with Gasteiger partial charge < -0.3 is 0 Å². The van der Waals surface area contributed by atoms with Gasteiger partial charge in [-0.15, -0.1) is 0 Å². The topological polar surface area (TPSA) is 12.9 Å². The van der Waals surface area contributed by atoms with E-state index in [0.717, 1.165) is 4.46 Å². The molecule has 0 aliphatic rings. The Balaban J connectivity index is 3.02. The molecule has 0 unspecified atom stereocenters. The molecule has 0 bridgehead atoms. The molecule has 0 amide bonds. The molecule has 0 N–H and O–H groups in total. The molecule has 0 radical (unpaired) electrons. The summed E-state index contributed by atoms with van der Waals surface area (Å²) in [6, 6.07) is 3.90. The zero-order chi connectivity index (χ0) is 5.11. The molecule has 0 aromatic carbocycles. The van der Waals surface area contributed by atoms with Crippen molar-refractivity contribution in [2.75, 3.05) is 0 Å². The average molecular weight is 158 g/mol. The van der Waals surface area contributed by atoms with E-state index in [2.05, 4.69) is 21.0 Å². The summed E-state index contributed by atoms with van der Waals surface area (Å²) >= 11 is 2.43. The van der Waals surface area contributed by atoms with E-state index in [1.807, 2.05) is 12.1 Å². The molecule has 0 saturated heterocycles. The molecule has 0 fully saturated rings.